The van der Waals surface area contributed by atoms with Crippen LogP contribution in [0.1, 0.15) is 24.0 Å². The van der Waals surface area contributed by atoms with Crippen molar-refractivity contribution in [2.45, 2.75) is 24.6 Å². The highest BCUT2D eigenvalue weighted by molar-refractivity contribution is 6.15. The van der Waals surface area contributed by atoms with Crippen molar-refractivity contribution in [3.63, 3.8) is 0 Å². The van der Waals surface area contributed by atoms with Crippen molar-refractivity contribution in [2.24, 2.45) is 4.99 Å². The first-order valence-corrected chi connectivity index (χ1v) is 7.28. The van der Waals surface area contributed by atoms with E-state index in [0.29, 0.717) is 0 Å². The maximum atomic E-state index is 12.8. The van der Waals surface area contributed by atoms with Gasteiger partial charge < -0.3 is 15.3 Å². The minimum atomic E-state index is -4.48. The summed E-state index contributed by atoms with van der Waals surface area (Å²) < 4.78 is 38.4. The third kappa shape index (κ3) is 2.81. The third-order valence-corrected chi connectivity index (χ3v) is 4.30. The van der Waals surface area contributed by atoms with Crippen LogP contribution < -0.4 is 5.32 Å². The van der Waals surface area contributed by atoms with Gasteiger partial charge in [0, 0.05) is 18.7 Å². The van der Waals surface area contributed by atoms with E-state index in [9.17, 15) is 22.8 Å². The van der Waals surface area contributed by atoms with Gasteiger partial charge in [0.25, 0.3) is 5.91 Å². The van der Waals surface area contributed by atoms with Gasteiger partial charge in [-0.1, -0.05) is 12.1 Å². The summed E-state index contributed by atoms with van der Waals surface area (Å²) in [6.07, 6.45) is -5.14. The highest BCUT2D eigenvalue weighted by Gasteiger charge is 2.46. The van der Waals surface area contributed by atoms with Crippen LogP contribution in [-0.2, 0) is 11.0 Å². The number of carbonyl (C=O) groups excluding carboxylic acids is 1. The summed E-state index contributed by atoms with van der Waals surface area (Å²) in [6.45, 7) is 0.310. The molecule has 2 N–H and O–H groups in total. The van der Waals surface area contributed by atoms with E-state index in [0.717, 1.165) is 12.1 Å². The summed E-state index contributed by atoms with van der Waals surface area (Å²) >= 11 is 0. The smallest absolute Gasteiger partial charge is 0.416 e. The molecule has 9 heteroatoms. The number of alkyl halides is 3. The summed E-state index contributed by atoms with van der Waals surface area (Å²) in [5.74, 6) is -0.310. The average molecular weight is 341 g/mol. The molecule has 24 heavy (non-hydrogen) atoms. The number of hydrogen-bond acceptors (Lipinski definition) is 3. The van der Waals surface area contributed by atoms with Crippen LogP contribution in [0.3, 0.4) is 0 Å². The van der Waals surface area contributed by atoms with Crippen molar-refractivity contribution in [1.82, 2.24) is 10.2 Å². The van der Waals surface area contributed by atoms with Crippen LogP contribution in [-0.4, -0.2) is 46.5 Å². The Morgan fingerprint density at radius 3 is 2.54 bits per heavy atom. The fraction of sp³-hybridized carbons (Fsp3) is 0.400. The fourth-order valence-corrected chi connectivity index (χ4v) is 2.90. The zero-order valence-corrected chi connectivity index (χ0v) is 12.4. The molecule has 1 aromatic rings. The Hall–Kier alpha value is -2.58. The molecule has 2 aliphatic rings. The molecule has 0 aromatic heterocycles. The third-order valence-electron chi connectivity index (χ3n) is 4.30. The maximum absolute atomic E-state index is 12.8. The van der Waals surface area contributed by atoms with E-state index in [2.05, 4.69) is 10.3 Å². The van der Waals surface area contributed by atoms with Gasteiger partial charge in [-0.3, -0.25) is 9.79 Å². The number of rotatable bonds is 1. The van der Waals surface area contributed by atoms with Gasteiger partial charge in [0.2, 0.25) is 0 Å². The number of likely N-dealkylation sites (tertiary alicyclic amines) is 1. The fourth-order valence-electron chi connectivity index (χ4n) is 2.90. The number of amides is 2. The van der Waals surface area contributed by atoms with Gasteiger partial charge in [0.05, 0.1) is 5.56 Å². The van der Waals surface area contributed by atoms with Crippen molar-refractivity contribution in [3.05, 3.63) is 35.4 Å². The highest BCUT2D eigenvalue weighted by Crippen LogP contribution is 2.33. The molecule has 1 aromatic carbocycles. The monoisotopic (exact) mass is 341 g/mol. The van der Waals surface area contributed by atoms with Gasteiger partial charge in [-0.25, -0.2) is 4.79 Å². The van der Waals surface area contributed by atoms with Gasteiger partial charge in [0.1, 0.15) is 11.4 Å². The lowest BCUT2D eigenvalue weighted by atomic mass is 9.88. The number of hydrogen-bond donors (Lipinski definition) is 2. The molecule has 2 heterocycles. The van der Waals surface area contributed by atoms with Crippen LogP contribution in [0.5, 0.6) is 0 Å². The summed E-state index contributed by atoms with van der Waals surface area (Å²) in [5, 5.41) is 11.5. The molecule has 1 fully saturated rings. The molecule has 128 valence electrons. The van der Waals surface area contributed by atoms with Gasteiger partial charge in [-0.15, -0.1) is 0 Å². The summed E-state index contributed by atoms with van der Waals surface area (Å²) in [7, 11) is 0. The number of carboxylic acid groups (broad SMARTS) is 1. The Kier molecular flexibility index (Phi) is 3.73. The predicted octanol–water partition coefficient (Wildman–Crippen LogP) is 2.09. The number of amidine groups is 1. The lowest BCUT2D eigenvalue weighted by Crippen LogP contribution is -2.50. The van der Waals surface area contributed by atoms with Crippen LogP contribution in [0.2, 0.25) is 0 Å². The second-order valence-electron chi connectivity index (χ2n) is 5.79. The molecule has 2 aliphatic heterocycles. The first kappa shape index (κ1) is 16.3. The van der Waals surface area contributed by atoms with Crippen LogP contribution in [0, 0.1) is 0 Å². The van der Waals surface area contributed by atoms with Gasteiger partial charge >= 0.3 is 12.3 Å². The van der Waals surface area contributed by atoms with Crippen molar-refractivity contribution < 1.29 is 27.9 Å². The Morgan fingerprint density at radius 2 is 1.96 bits per heavy atom. The quantitative estimate of drug-likeness (QED) is 0.821. The Morgan fingerprint density at radius 1 is 1.29 bits per heavy atom. The molecular formula is C15H14F3N3O3. The van der Waals surface area contributed by atoms with Crippen LogP contribution in [0.4, 0.5) is 18.0 Å². The first-order chi connectivity index (χ1) is 11.2. The lowest BCUT2D eigenvalue weighted by molar-refractivity contribution is -0.137. The van der Waals surface area contributed by atoms with E-state index < -0.39 is 29.3 Å². The molecule has 3 rings (SSSR count). The van der Waals surface area contributed by atoms with Crippen LogP contribution in [0.25, 0.3) is 0 Å². The van der Waals surface area contributed by atoms with E-state index in [1.54, 1.807) is 0 Å². The van der Waals surface area contributed by atoms with E-state index in [1.807, 2.05) is 0 Å². The van der Waals surface area contributed by atoms with Crippen molar-refractivity contribution in [2.75, 3.05) is 13.1 Å². The van der Waals surface area contributed by atoms with Gasteiger partial charge in [-0.2, -0.15) is 13.2 Å². The lowest BCUT2D eigenvalue weighted by Gasteiger charge is -2.33. The van der Waals surface area contributed by atoms with E-state index in [1.165, 1.54) is 17.0 Å². The second-order valence-corrected chi connectivity index (χ2v) is 5.79. The molecule has 2 amide bonds. The molecule has 1 spiro atoms. The topological polar surface area (TPSA) is 82.0 Å². The van der Waals surface area contributed by atoms with E-state index in [-0.39, 0.29) is 37.3 Å². The molecule has 0 aliphatic carbocycles. The zero-order valence-electron chi connectivity index (χ0n) is 12.4. The minimum Gasteiger partial charge on any atom is -0.465 e. The standard InChI is InChI=1S/C15H14F3N3O3/c16-15(17,18)10-3-1-2-9(8-10)11-19-12(22)14(20-11)4-6-21(7-5-14)13(23)24/h1-3,8H,4-7H2,(H,23,24)(H,19,20,22). The van der Waals surface area contributed by atoms with Crippen molar-refractivity contribution in [1.29, 1.82) is 0 Å². The molecule has 1 saturated heterocycles. The Bertz CT molecular complexity index is 722. The van der Waals surface area contributed by atoms with Crippen molar-refractivity contribution in [3.8, 4) is 0 Å². The average Bonchev–Trinajstić information content (AvgIpc) is 2.84. The highest BCUT2D eigenvalue weighted by atomic mass is 19.4. The van der Waals surface area contributed by atoms with Gasteiger partial charge in [0.15, 0.2) is 0 Å². The number of piperidine rings is 1. The second kappa shape index (κ2) is 5.50. The number of nitrogens with one attached hydrogen (secondary N) is 1. The summed E-state index contributed by atoms with van der Waals surface area (Å²) in [5.41, 5.74) is -1.75. The van der Waals surface area contributed by atoms with E-state index in [4.69, 9.17) is 5.11 Å². The molecule has 0 unspecified atom stereocenters. The van der Waals surface area contributed by atoms with E-state index >= 15 is 0 Å². The molecule has 0 atom stereocenters. The molecular weight excluding hydrogens is 327 g/mol. The summed E-state index contributed by atoms with van der Waals surface area (Å²) in [4.78, 5) is 28.7. The molecule has 0 bridgehead atoms. The Labute approximate surface area is 135 Å². The largest absolute Gasteiger partial charge is 0.465 e. The van der Waals surface area contributed by atoms with Crippen molar-refractivity contribution >= 4 is 17.8 Å². The molecule has 0 radical (unpaired) electrons. The summed E-state index contributed by atoms with van der Waals surface area (Å²) in [6, 6.07) is 4.58. The number of nitrogens with zero attached hydrogens (tertiary/aromatic N) is 2. The first-order valence-electron chi connectivity index (χ1n) is 7.28. The predicted molar refractivity (Wildman–Crippen MR) is 77.7 cm³/mol. The molecule has 6 nitrogen and oxygen atoms in total. The van der Waals surface area contributed by atoms with Crippen LogP contribution >= 0.6 is 0 Å². The SMILES string of the molecule is O=C(O)N1CCC2(CC1)N=C(c1cccc(C(F)(F)F)c1)NC2=O. The normalized spacial score (nSPS) is 20.0. The Balaban J connectivity index is 1.87. The minimum absolute atomic E-state index is 0.0925. The number of benzene rings is 1. The maximum Gasteiger partial charge on any atom is 0.416 e. The number of halogens is 3. The number of carbonyl (C=O) groups is 2. The molecule has 0 saturated carbocycles. The number of aliphatic imine (C=N–C) groups is 1. The van der Waals surface area contributed by atoms with Crippen LogP contribution in [0.15, 0.2) is 29.3 Å². The zero-order chi connectivity index (χ0) is 17.5. The van der Waals surface area contributed by atoms with Gasteiger partial charge in [-0.05, 0) is 25.0 Å².